The smallest absolute Gasteiger partial charge is 0.122 e. The van der Waals surface area contributed by atoms with Crippen molar-refractivity contribution in [1.29, 1.82) is 0 Å². The average Bonchev–Trinajstić information content (AvgIpc) is 3.18. The molecule has 6 N–H and O–H groups in total. The molecule has 0 aliphatic carbocycles. The van der Waals surface area contributed by atoms with Gasteiger partial charge in [0, 0.05) is 29.1 Å². The molecule has 0 saturated carbocycles. The summed E-state index contributed by atoms with van der Waals surface area (Å²) in [4.78, 5) is 0. The van der Waals surface area contributed by atoms with Crippen molar-refractivity contribution in [3.8, 4) is 34.5 Å². The second kappa shape index (κ2) is 15.9. The zero-order chi connectivity index (χ0) is 45.3. The van der Waals surface area contributed by atoms with E-state index in [1.807, 2.05) is 128 Å². The van der Waals surface area contributed by atoms with Crippen LogP contribution in [0.1, 0.15) is 142 Å². The largest absolute Gasteiger partial charge is 0.507 e. The zero-order valence-corrected chi connectivity index (χ0v) is 38.5. The van der Waals surface area contributed by atoms with E-state index in [2.05, 4.69) is 41.5 Å². The van der Waals surface area contributed by atoms with Crippen molar-refractivity contribution < 1.29 is 30.6 Å². The number of aromatic hydroxyl groups is 6. The molecule has 6 aromatic rings. The van der Waals surface area contributed by atoms with Crippen molar-refractivity contribution in [2.24, 2.45) is 0 Å². The van der Waals surface area contributed by atoms with Crippen LogP contribution in [-0.2, 0) is 29.1 Å². The van der Waals surface area contributed by atoms with Gasteiger partial charge >= 0.3 is 0 Å². The molecule has 61 heavy (non-hydrogen) atoms. The van der Waals surface area contributed by atoms with Crippen molar-refractivity contribution >= 4 is 0 Å². The Bertz CT molecular complexity index is 2480. The molecular formula is C55H64O6. The maximum atomic E-state index is 11.5. The van der Waals surface area contributed by atoms with Gasteiger partial charge in [-0.2, -0.15) is 0 Å². The van der Waals surface area contributed by atoms with Crippen molar-refractivity contribution in [3.05, 3.63) is 173 Å². The molecule has 0 radical (unpaired) electrons. The van der Waals surface area contributed by atoms with E-state index in [0.717, 1.165) is 77.9 Å². The summed E-state index contributed by atoms with van der Waals surface area (Å²) in [6, 6.07) is 24.2. The van der Waals surface area contributed by atoms with Crippen LogP contribution in [0.25, 0.3) is 0 Å². The van der Waals surface area contributed by atoms with Gasteiger partial charge in [0.25, 0.3) is 0 Å². The summed E-state index contributed by atoms with van der Waals surface area (Å²) in [7, 11) is 0. The number of benzene rings is 6. The van der Waals surface area contributed by atoms with E-state index < -0.39 is 16.2 Å². The van der Waals surface area contributed by atoms with Gasteiger partial charge in [0.2, 0.25) is 0 Å². The van der Waals surface area contributed by atoms with Crippen molar-refractivity contribution in [3.63, 3.8) is 0 Å². The third-order valence-corrected chi connectivity index (χ3v) is 13.6. The highest BCUT2D eigenvalue weighted by Crippen LogP contribution is 2.44. The molecule has 0 aromatic heterocycles. The predicted octanol–water partition coefficient (Wildman–Crippen LogP) is 12.5. The van der Waals surface area contributed by atoms with Gasteiger partial charge in [-0.15, -0.1) is 0 Å². The number of phenolic OH excluding ortho intramolecular Hbond substituents is 6. The molecule has 320 valence electrons. The lowest BCUT2D eigenvalue weighted by Gasteiger charge is -2.30. The first kappa shape index (κ1) is 44.7. The highest BCUT2D eigenvalue weighted by molar-refractivity contribution is 5.58. The van der Waals surface area contributed by atoms with E-state index in [4.69, 9.17) is 0 Å². The fourth-order valence-corrected chi connectivity index (χ4v) is 8.94. The Morgan fingerprint density at radius 3 is 0.590 bits per heavy atom. The van der Waals surface area contributed by atoms with Crippen LogP contribution >= 0.6 is 0 Å². The molecule has 0 saturated heterocycles. The van der Waals surface area contributed by atoms with Gasteiger partial charge in [0.05, 0.1) is 0 Å². The van der Waals surface area contributed by atoms with Gasteiger partial charge in [-0.1, -0.05) is 114 Å². The molecule has 6 aromatic carbocycles. The normalized spacial score (nSPS) is 12.3. The Labute approximate surface area is 362 Å². The van der Waals surface area contributed by atoms with E-state index in [0.29, 0.717) is 46.6 Å². The van der Waals surface area contributed by atoms with E-state index in [-0.39, 0.29) is 23.0 Å². The van der Waals surface area contributed by atoms with Gasteiger partial charge < -0.3 is 30.6 Å². The van der Waals surface area contributed by atoms with Crippen LogP contribution in [0.4, 0.5) is 0 Å². The third kappa shape index (κ3) is 8.17. The monoisotopic (exact) mass is 820 g/mol. The summed E-state index contributed by atoms with van der Waals surface area (Å²) in [5.41, 5.74) is 13.6. The molecule has 0 spiro atoms. The topological polar surface area (TPSA) is 121 Å². The molecule has 0 bridgehead atoms. The molecule has 0 amide bonds. The van der Waals surface area contributed by atoms with E-state index in [9.17, 15) is 30.6 Å². The number of hydrogen-bond acceptors (Lipinski definition) is 6. The maximum Gasteiger partial charge on any atom is 0.122 e. The van der Waals surface area contributed by atoms with Gasteiger partial charge in [0.15, 0.2) is 0 Å². The lowest BCUT2D eigenvalue weighted by atomic mass is 9.74. The number of rotatable bonds is 10. The number of aryl methyl sites for hydroxylation is 8. The molecule has 0 atom stereocenters. The average molecular weight is 821 g/mol. The molecule has 0 heterocycles. The summed E-state index contributed by atoms with van der Waals surface area (Å²) >= 11 is 0. The van der Waals surface area contributed by atoms with Crippen LogP contribution in [0.15, 0.2) is 72.8 Å². The van der Waals surface area contributed by atoms with Gasteiger partial charge in [-0.3, -0.25) is 0 Å². The summed E-state index contributed by atoms with van der Waals surface area (Å²) in [6.07, 6.45) is 0.602. The van der Waals surface area contributed by atoms with E-state index in [1.54, 1.807) is 0 Å². The predicted molar refractivity (Wildman–Crippen MR) is 249 cm³/mol. The third-order valence-electron chi connectivity index (χ3n) is 13.6. The first-order valence-corrected chi connectivity index (χ1v) is 21.2. The Kier molecular flexibility index (Phi) is 11.6. The summed E-state index contributed by atoms with van der Waals surface area (Å²) in [5.74, 6) is 1.34. The fourth-order valence-electron chi connectivity index (χ4n) is 8.94. The van der Waals surface area contributed by atoms with Gasteiger partial charge in [-0.05, 0) is 156 Å². The Balaban J connectivity index is 1.38. The summed E-state index contributed by atoms with van der Waals surface area (Å²) in [6.45, 7) is 28.1. The zero-order valence-electron chi connectivity index (χ0n) is 38.5. The highest BCUT2D eigenvalue weighted by Gasteiger charge is 2.31. The second-order valence-corrected chi connectivity index (χ2v) is 19.3. The fraction of sp³-hybridized carbons (Fsp3) is 0.345. The first-order valence-electron chi connectivity index (χ1n) is 21.2. The minimum atomic E-state index is -0.576. The van der Waals surface area contributed by atoms with Crippen LogP contribution in [0.5, 0.6) is 34.5 Å². The SMILES string of the molecule is Cc1cc(C(C)(C)c2cc(C)c(O)c(Cc3cc(C(C)(C)c4cc(C)c(O)c(Cc5cc(C(C)(C)c6cc(C)c(O)c(C)c6)cc(C)c5O)c4)cc(C)c3O)c2)cc(C)c1O. The lowest BCUT2D eigenvalue weighted by Crippen LogP contribution is -2.21. The van der Waals surface area contributed by atoms with Crippen molar-refractivity contribution in [2.75, 3.05) is 0 Å². The number of phenols is 6. The first-order chi connectivity index (χ1) is 28.2. The standard InChI is InChI=1S/C55H64O6/c1-29-15-41(16-30(2)47(29)56)53(9,10)43-19-33(5)49(58)37(25-43)23-39-27-45(21-35(7)51(39)60)55(13,14)46-22-36(8)52(61)40(28-46)24-38-26-44(20-34(6)50(38)59)54(11,12)42-17-31(3)48(57)32(4)18-42/h15-22,25-28,56-61H,23-24H2,1-14H3. The Hall–Kier alpha value is -5.88. The maximum absolute atomic E-state index is 11.5. The van der Waals surface area contributed by atoms with Crippen LogP contribution in [0.3, 0.4) is 0 Å². The second-order valence-electron chi connectivity index (χ2n) is 19.3. The molecule has 0 unspecified atom stereocenters. The molecule has 0 fully saturated rings. The Morgan fingerprint density at radius 2 is 0.410 bits per heavy atom. The molecule has 0 aliphatic heterocycles. The molecule has 6 nitrogen and oxygen atoms in total. The van der Waals surface area contributed by atoms with Crippen LogP contribution in [0.2, 0.25) is 0 Å². The molecular weight excluding hydrogens is 757 g/mol. The quantitative estimate of drug-likeness (QED) is 0.0818. The molecule has 6 heteroatoms. The van der Waals surface area contributed by atoms with E-state index >= 15 is 0 Å². The molecule has 0 aliphatic rings. The van der Waals surface area contributed by atoms with Crippen LogP contribution < -0.4 is 0 Å². The lowest BCUT2D eigenvalue weighted by molar-refractivity contribution is 0.457. The van der Waals surface area contributed by atoms with Crippen molar-refractivity contribution in [2.45, 2.75) is 126 Å². The minimum Gasteiger partial charge on any atom is -0.507 e. The van der Waals surface area contributed by atoms with Crippen LogP contribution in [-0.4, -0.2) is 30.6 Å². The summed E-state index contributed by atoms with van der Waals surface area (Å²) < 4.78 is 0. The van der Waals surface area contributed by atoms with Gasteiger partial charge in [-0.25, -0.2) is 0 Å². The van der Waals surface area contributed by atoms with Crippen molar-refractivity contribution in [1.82, 2.24) is 0 Å². The van der Waals surface area contributed by atoms with E-state index in [1.165, 1.54) is 0 Å². The van der Waals surface area contributed by atoms with Gasteiger partial charge in [0.1, 0.15) is 34.5 Å². The number of hydrogen-bond donors (Lipinski definition) is 6. The summed E-state index contributed by atoms with van der Waals surface area (Å²) in [5, 5.41) is 66.9. The minimum absolute atomic E-state index is 0.180. The Morgan fingerprint density at radius 1 is 0.262 bits per heavy atom. The highest BCUT2D eigenvalue weighted by atomic mass is 16.3. The molecule has 6 rings (SSSR count). The van der Waals surface area contributed by atoms with Crippen LogP contribution in [0, 0.1) is 55.4 Å².